The SMILES string of the molecule is CC(C)/C=C/[C@@H](CC1O[C@](O)(C[C@@H](O)C(C)C)C[C@H](O)[C@H]1C(=O)O)OC1OC(C)C(O)C(N)C1O. The van der Waals surface area contributed by atoms with Gasteiger partial charge in [-0.3, -0.25) is 4.79 Å². The fourth-order valence-electron chi connectivity index (χ4n) is 4.43. The van der Waals surface area contributed by atoms with Gasteiger partial charge in [-0.15, -0.1) is 0 Å². The predicted molar refractivity (Wildman–Crippen MR) is 125 cm³/mol. The topological polar surface area (TPSA) is 192 Å². The van der Waals surface area contributed by atoms with E-state index in [-0.39, 0.29) is 31.1 Å². The van der Waals surface area contributed by atoms with Crippen LogP contribution in [0, 0.1) is 17.8 Å². The molecule has 2 aliphatic heterocycles. The predicted octanol–water partition coefficient (Wildman–Crippen LogP) is -0.286. The maximum Gasteiger partial charge on any atom is 0.311 e. The Kier molecular flexibility index (Phi) is 10.7. The Balaban J connectivity index is 2.29. The number of rotatable bonds is 10. The molecule has 0 aromatic rings. The van der Waals surface area contributed by atoms with Crippen LogP contribution in [0.15, 0.2) is 12.2 Å². The fraction of sp³-hybridized carbons (Fsp3) is 0.875. The molecule has 0 aliphatic carbocycles. The van der Waals surface area contributed by atoms with Gasteiger partial charge in [-0.25, -0.2) is 0 Å². The number of aliphatic hydroxyl groups excluding tert-OH is 4. The summed E-state index contributed by atoms with van der Waals surface area (Å²) in [6, 6.07) is -1.01. The summed E-state index contributed by atoms with van der Waals surface area (Å²) in [6.07, 6.45) is -5.91. The second kappa shape index (κ2) is 12.4. The van der Waals surface area contributed by atoms with E-state index in [9.17, 15) is 35.4 Å². The Morgan fingerprint density at radius 2 is 1.80 bits per heavy atom. The molecule has 11 atom stereocenters. The molecule has 0 radical (unpaired) electrons. The molecule has 6 unspecified atom stereocenters. The minimum Gasteiger partial charge on any atom is -0.481 e. The number of carbonyl (C=O) groups is 1. The summed E-state index contributed by atoms with van der Waals surface area (Å²) >= 11 is 0. The van der Waals surface area contributed by atoms with Crippen molar-refractivity contribution in [2.75, 3.05) is 0 Å². The molecule has 2 fully saturated rings. The Labute approximate surface area is 206 Å². The molecule has 0 aromatic carbocycles. The van der Waals surface area contributed by atoms with E-state index >= 15 is 0 Å². The van der Waals surface area contributed by atoms with E-state index in [1.807, 2.05) is 19.9 Å². The van der Waals surface area contributed by atoms with Crippen molar-refractivity contribution in [3.63, 3.8) is 0 Å². The van der Waals surface area contributed by atoms with Gasteiger partial charge in [-0.2, -0.15) is 0 Å². The standard InChI is InChI=1S/C24H43NO10/c1-11(2)6-7-14(34-23-21(29)19(25)20(28)13(5)33-23)8-17-18(22(30)31)16(27)10-24(32,35-17)9-15(26)12(3)4/h6-7,11-21,23,26-29,32H,8-10,25H2,1-5H3,(H,30,31)/b7-6+/t13?,14-,15+,16-,17?,18+,19?,20?,21?,23?,24+/m0/s1. The largest absolute Gasteiger partial charge is 0.481 e. The summed E-state index contributed by atoms with van der Waals surface area (Å²) in [7, 11) is 0. The number of ether oxygens (including phenoxy) is 3. The first kappa shape index (κ1) is 30.1. The molecular formula is C24H43NO10. The van der Waals surface area contributed by atoms with Crippen LogP contribution in [-0.4, -0.2) is 97.5 Å². The molecule has 2 saturated heterocycles. The smallest absolute Gasteiger partial charge is 0.311 e. The first-order valence-corrected chi connectivity index (χ1v) is 12.2. The van der Waals surface area contributed by atoms with Crippen molar-refractivity contribution in [1.29, 1.82) is 0 Å². The number of carboxylic acid groups (broad SMARTS) is 1. The molecule has 2 aliphatic rings. The van der Waals surface area contributed by atoms with E-state index in [0.717, 1.165) is 0 Å². The maximum atomic E-state index is 12.0. The Morgan fingerprint density at radius 3 is 2.34 bits per heavy atom. The highest BCUT2D eigenvalue weighted by molar-refractivity contribution is 5.71. The molecule has 2 rings (SSSR count). The molecule has 35 heavy (non-hydrogen) atoms. The summed E-state index contributed by atoms with van der Waals surface area (Å²) in [5.41, 5.74) is 5.90. The number of hydrogen-bond acceptors (Lipinski definition) is 10. The number of allylic oxidation sites excluding steroid dienone is 1. The van der Waals surface area contributed by atoms with Crippen LogP contribution >= 0.6 is 0 Å². The first-order chi connectivity index (χ1) is 16.1. The molecule has 0 aromatic heterocycles. The van der Waals surface area contributed by atoms with E-state index in [4.69, 9.17) is 19.9 Å². The highest BCUT2D eigenvalue weighted by Gasteiger charge is 2.50. The van der Waals surface area contributed by atoms with Crippen LogP contribution in [0.4, 0.5) is 0 Å². The van der Waals surface area contributed by atoms with Crippen LogP contribution in [0.25, 0.3) is 0 Å². The highest BCUT2D eigenvalue weighted by atomic mass is 16.7. The van der Waals surface area contributed by atoms with Gasteiger partial charge >= 0.3 is 5.97 Å². The van der Waals surface area contributed by atoms with E-state index in [1.54, 1.807) is 26.8 Å². The molecule has 8 N–H and O–H groups in total. The van der Waals surface area contributed by atoms with Crippen molar-refractivity contribution < 1.29 is 49.6 Å². The quantitative estimate of drug-likeness (QED) is 0.193. The molecule has 2 heterocycles. The summed E-state index contributed by atoms with van der Waals surface area (Å²) in [4.78, 5) is 12.0. The summed E-state index contributed by atoms with van der Waals surface area (Å²) in [5.74, 6) is -4.66. The second-order valence-corrected chi connectivity index (χ2v) is 10.6. The molecular weight excluding hydrogens is 462 g/mol. The van der Waals surface area contributed by atoms with Gasteiger partial charge in [0.1, 0.15) is 12.0 Å². The average molecular weight is 506 g/mol. The van der Waals surface area contributed by atoms with Gasteiger partial charge in [0.25, 0.3) is 0 Å². The Hall–Kier alpha value is -1.15. The molecule has 204 valence electrons. The van der Waals surface area contributed by atoms with Crippen molar-refractivity contribution in [2.24, 2.45) is 23.5 Å². The van der Waals surface area contributed by atoms with Gasteiger partial charge in [-0.05, 0) is 18.8 Å². The van der Waals surface area contributed by atoms with Crippen LogP contribution in [0.5, 0.6) is 0 Å². The molecule has 11 nitrogen and oxygen atoms in total. The fourth-order valence-corrected chi connectivity index (χ4v) is 4.43. The van der Waals surface area contributed by atoms with Gasteiger partial charge in [0.2, 0.25) is 0 Å². The van der Waals surface area contributed by atoms with Gasteiger partial charge in [0, 0.05) is 19.3 Å². The molecule has 11 heteroatoms. The summed E-state index contributed by atoms with van der Waals surface area (Å²) in [6.45, 7) is 8.99. The number of hydrogen-bond donors (Lipinski definition) is 7. The normalized spacial score (nSPS) is 40.4. The lowest BCUT2D eigenvalue weighted by Gasteiger charge is -2.45. The lowest BCUT2D eigenvalue weighted by molar-refractivity contribution is -0.309. The van der Waals surface area contributed by atoms with Crippen LogP contribution < -0.4 is 5.73 Å². The van der Waals surface area contributed by atoms with Crippen molar-refractivity contribution in [3.8, 4) is 0 Å². The number of aliphatic carboxylic acids is 1. The third-order valence-electron chi connectivity index (χ3n) is 6.68. The van der Waals surface area contributed by atoms with Gasteiger partial charge in [0.05, 0.1) is 42.7 Å². The number of nitrogens with two attached hydrogens (primary N) is 1. The van der Waals surface area contributed by atoms with Crippen molar-refractivity contribution in [1.82, 2.24) is 0 Å². The summed E-state index contributed by atoms with van der Waals surface area (Å²) < 4.78 is 17.4. The van der Waals surface area contributed by atoms with E-state index in [2.05, 4.69) is 0 Å². The second-order valence-electron chi connectivity index (χ2n) is 10.6. The minimum absolute atomic E-state index is 0.101. The van der Waals surface area contributed by atoms with Crippen LogP contribution in [0.1, 0.15) is 53.9 Å². The van der Waals surface area contributed by atoms with Gasteiger partial charge < -0.3 is 50.6 Å². The third-order valence-corrected chi connectivity index (χ3v) is 6.68. The van der Waals surface area contributed by atoms with Crippen LogP contribution in [-0.2, 0) is 19.0 Å². The third kappa shape index (κ3) is 7.91. The zero-order valence-corrected chi connectivity index (χ0v) is 21.1. The van der Waals surface area contributed by atoms with E-state index in [1.165, 1.54) is 0 Å². The maximum absolute atomic E-state index is 12.0. The van der Waals surface area contributed by atoms with E-state index < -0.39 is 72.7 Å². The van der Waals surface area contributed by atoms with E-state index in [0.29, 0.717) is 0 Å². The van der Waals surface area contributed by atoms with Crippen molar-refractivity contribution in [3.05, 3.63) is 12.2 Å². The Morgan fingerprint density at radius 1 is 1.17 bits per heavy atom. The molecule has 0 spiro atoms. The minimum atomic E-state index is -1.94. The zero-order chi connectivity index (χ0) is 26.7. The van der Waals surface area contributed by atoms with Gasteiger partial charge in [0.15, 0.2) is 12.1 Å². The average Bonchev–Trinajstić information content (AvgIpc) is 2.72. The zero-order valence-electron chi connectivity index (χ0n) is 21.1. The highest BCUT2D eigenvalue weighted by Crippen LogP contribution is 2.38. The van der Waals surface area contributed by atoms with Crippen molar-refractivity contribution >= 4 is 5.97 Å². The van der Waals surface area contributed by atoms with Gasteiger partial charge in [-0.1, -0.05) is 39.8 Å². The monoisotopic (exact) mass is 505 g/mol. The van der Waals surface area contributed by atoms with Crippen molar-refractivity contribution in [2.45, 2.75) is 115 Å². The molecule has 0 saturated carbocycles. The lowest BCUT2D eigenvalue weighted by Crippen LogP contribution is -2.61. The lowest BCUT2D eigenvalue weighted by atomic mass is 9.82. The van der Waals surface area contributed by atoms with Crippen LogP contribution in [0.2, 0.25) is 0 Å². The molecule has 0 bridgehead atoms. The van der Waals surface area contributed by atoms with Crippen LogP contribution in [0.3, 0.4) is 0 Å². The molecule has 0 amide bonds. The number of carboxylic acids is 1. The summed E-state index contributed by atoms with van der Waals surface area (Å²) in [5, 5.41) is 62.2. The Bertz CT molecular complexity index is 718. The first-order valence-electron chi connectivity index (χ1n) is 12.2. The number of aliphatic hydroxyl groups is 5.